The molecule has 0 radical (unpaired) electrons. The molecule has 3 N–H and O–H groups in total. The zero-order chi connectivity index (χ0) is 15.0. The first-order valence-electron chi connectivity index (χ1n) is 5.98. The van der Waals surface area contributed by atoms with Gasteiger partial charge in [0.1, 0.15) is 12.2 Å². The van der Waals surface area contributed by atoms with Gasteiger partial charge in [0.15, 0.2) is 0 Å². The van der Waals surface area contributed by atoms with Crippen molar-refractivity contribution in [1.29, 1.82) is 0 Å². The average molecular weight is 303 g/mol. The van der Waals surface area contributed by atoms with E-state index >= 15 is 0 Å². The minimum Gasteiger partial charge on any atom is -0.480 e. The van der Waals surface area contributed by atoms with Gasteiger partial charge in [-0.05, 0) is 0 Å². The third-order valence-corrected chi connectivity index (χ3v) is 3.55. The highest BCUT2D eigenvalue weighted by atomic mass is 32.2. The highest BCUT2D eigenvalue weighted by Gasteiger charge is 2.06. The molecular weight excluding hydrogens is 286 g/mol. The van der Waals surface area contributed by atoms with Crippen LogP contribution in [0.5, 0.6) is 0 Å². The fraction of sp³-hybridized carbons (Fsp3) is 0.600. The summed E-state index contributed by atoms with van der Waals surface area (Å²) in [6.45, 7) is 2.01. The topological polar surface area (TPSA) is 126 Å². The molecule has 10 heteroatoms. The number of nitrogens with zero attached hydrogens (tertiary/aromatic N) is 3. The van der Waals surface area contributed by atoms with Crippen molar-refractivity contribution in [3.8, 4) is 0 Å². The molecule has 1 heterocycles. The molecule has 1 aromatic rings. The van der Waals surface area contributed by atoms with Crippen molar-refractivity contribution < 1.29 is 18.9 Å². The zero-order valence-electron chi connectivity index (χ0n) is 11.0. The van der Waals surface area contributed by atoms with Crippen LogP contribution in [0.2, 0.25) is 0 Å². The van der Waals surface area contributed by atoms with Crippen LogP contribution in [0.15, 0.2) is 6.20 Å². The van der Waals surface area contributed by atoms with Crippen LogP contribution in [-0.2, 0) is 28.7 Å². The summed E-state index contributed by atoms with van der Waals surface area (Å²) in [6.07, 6.45) is 1.44. The van der Waals surface area contributed by atoms with Crippen LogP contribution in [0, 0.1) is 0 Å². The summed E-state index contributed by atoms with van der Waals surface area (Å²) in [5.74, 6) is -0.0367. The summed E-state index contributed by atoms with van der Waals surface area (Å²) in [6, 6.07) is -0.397. The maximum atomic E-state index is 11.4. The zero-order valence-corrected chi connectivity index (χ0v) is 11.9. The smallest absolute Gasteiger partial charge is 0.325 e. The maximum absolute atomic E-state index is 11.4. The van der Waals surface area contributed by atoms with E-state index in [-0.39, 0.29) is 13.1 Å². The van der Waals surface area contributed by atoms with Crippen molar-refractivity contribution >= 4 is 22.8 Å². The quantitative estimate of drug-likeness (QED) is 0.561. The van der Waals surface area contributed by atoms with Crippen molar-refractivity contribution in [3.63, 3.8) is 0 Å². The molecule has 0 aromatic carbocycles. The Kier molecular flexibility index (Phi) is 6.64. The normalized spacial score (nSPS) is 11.8. The van der Waals surface area contributed by atoms with Crippen LogP contribution in [0.1, 0.15) is 12.6 Å². The molecule has 1 atom stereocenters. The predicted molar refractivity (Wildman–Crippen MR) is 71.4 cm³/mol. The molecule has 0 fully saturated rings. The molecule has 0 aliphatic carbocycles. The molecule has 0 aliphatic rings. The van der Waals surface area contributed by atoms with E-state index in [0.29, 0.717) is 23.7 Å². The molecule has 1 rings (SSSR count). The Balaban J connectivity index is 2.25. The summed E-state index contributed by atoms with van der Waals surface area (Å²) < 4.78 is 12.3. The van der Waals surface area contributed by atoms with E-state index in [4.69, 9.17) is 5.11 Å². The number of aromatic nitrogens is 3. The summed E-state index contributed by atoms with van der Waals surface area (Å²) in [7, 11) is -0.910. The van der Waals surface area contributed by atoms with Gasteiger partial charge in [-0.15, -0.1) is 5.10 Å². The number of carbonyl (C=O) groups is 2. The van der Waals surface area contributed by atoms with E-state index in [1.807, 2.05) is 6.92 Å². The Morgan fingerprint density at radius 3 is 2.85 bits per heavy atom. The number of carbonyl (C=O) groups excluding carboxylic acids is 1. The van der Waals surface area contributed by atoms with Gasteiger partial charge >= 0.3 is 12.0 Å². The number of carboxylic acid groups (broad SMARTS) is 1. The lowest BCUT2D eigenvalue weighted by Gasteiger charge is -2.05. The highest BCUT2D eigenvalue weighted by molar-refractivity contribution is 7.84. The second kappa shape index (κ2) is 8.25. The lowest BCUT2D eigenvalue weighted by atomic mass is 10.5. The van der Waals surface area contributed by atoms with Gasteiger partial charge in [0.2, 0.25) is 0 Å². The Hall–Kier alpha value is -1.97. The standard InChI is InChI=1S/C10H17N5O4S/c1-2-20(19)4-3-11-10(18)12-5-8-6-15(14-13-8)7-9(16)17/h6H,2-5,7H2,1H3,(H,16,17)(H2,11,12,18). The monoisotopic (exact) mass is 303 g/mol. The van der Waals surface area contributed by atoms with E-state index in [1.54, 1.807) is 0 Å². The molecule has 0 saturated carbocycles. The molecule has 2 amide bonds. The maximum Gasteiger partial charge on any atom is 0.325 e. The summed E-state index contributed by atoms with van der Waals surface area (Å²) >= 11 is 0. The molecule has 1 aromatic heterocycles. The van der Waals surface area contributed by atoms with Crippen LogP contribution in [-0.4, -0.2) is 54.4 Å². The van der Waals surface area contributed by atoms with Gasteiger partial charge < -0.3 is 15.7 Å². The molecular formula is C10H17N5O4S. The first-order chi connectivity index (χ1) is 9.51. The van der Waals surface area contributed by atoms with Crippen LogP contribution in [0.4, 0.5) is 4.79 Å². The first kappa shape index (κ1) is 16.1. The minimum atomic E-state index is -1.02. The van der Waals surface area contributed by atoms with Crippen molar-refractivity contribution in [3.05, 3.63) is 11.9 Å². The first-order valence-corrected chi connectivity index (χ1v) is 7.47. The van der Waals surface area contributed by atoms with Gasteiger partial charge in [-0.25, -0.2) is 9.48 Å². The summed E-state index contributed by atoms with van der Waals surface area (Å²) in [5.41, 5.74) is 0.457. The number of hydrogen-bond donors (Lipinski definition) is 3. The largest absolute Gasteiger partial charge is 0.480 e. The van der Waals surface area contributed by atoms with Gasteiger partial charge in [0.05, 0.1) is 12.7 Å². The van der Waals surface area contributed by atoms with Gasteiger partial charge in [0, 0.05) is 28.9 Å². The molecule has 0 aliphatic heterocycles. The average Bonchev–Trinajstić information content (AvgIpc) is 2.83. The lowest BCUT2D eigenvalue weighted by Crippen LogP contribution is -2.37. The van der Waals surface area contributed by atoms with Gasteiger partial charge in [-0.2, -0.15) is 0 Å². The SMILES string of the molecule is CCS(=O)CCNC(=O)NCc1cn(CC(=O)O)nn1. The molecule has 0 saturated heterocycles. The van der Waals surface area contributed by atoms with Crippen molar-refractivity contribution in [2.24, 2.45) is 0 Å². The fourth-order valence-electron chi connectivity index (χ4n) is 1.29. The molecule has 9 nitrogen and oxygen atoms in total. The van der Waals surface area contributed by atoms with E-state index in [0.717, 1.165) is 0 Å². The number of carboxylic acids is 1. The fourth-order valence-corrected chi connectivity index (χ4v) is 1.91. The molecule has 0 bridgehead atoms. The minimum absolute atomic E-state index is 0.141. The highest BCUT2D eigenvalue weighted by Crippen LogP contribution is 1.92. The third kappa shape index (κ3) is 6.27. The Bertz CT molecular complexity index is 490. The predicted octanol–water partition coefficient (Wildman–Crippen LogP) is -1.07. The van der Waals surface area contributed by atoms with E-state index in [2.05, 4.69) is 20.9 Å². The van der Waals surface area contributed by atoms with E-state index < -0.39 is 22.8 Å². The second-order valence-corrected chi connectivity index (χ2v) is 5.71. The molecule has 1 unspecified atom stereocenters. The van der Waals surface area contributed by atoms with Crippen LogP contribution in [0.25, 0.3) is 0 Å². The number of hydrogen-bond acceptors (Lipinski definition) is 5. The Morgan fingerprint density at radius 1 is 1.45 bits per heavy atom. The molecule has 112 valence electrons. The molecule has 0 spiro atoms. The number of nitrogens with one attached hydrogen (secondary N) is 2. The number of rotatable bonds is 8. The van der Waals surface area contributed by atoms with Crippen LogP contribution in [0.3, 0.4) is 0 Å². The third-order valence-electron chi connectivity index (χ3n) is 2.25. The van der Waals surface area contributed by atoms with Crippen LogP contribution >= 0.6 is 0 Å². The van der Waals surface area contributed by atoms with Crippen molar-refractivity contribution in [1.82, 2.24) is 25.6 Å². The second-order valence-electron chi connectivity index (χ2n) is 3.84. The summed E-state index contributed by atoms with van der Waals surface area (Å²) in [5, 5.41) is 21.0. The van der Waals surface area contributed by atoms with E-state index in [1.165, 1.54) is 10.9 Å². The number of amides is 2. The van der Waals surface area contributed by atoms with Crippen LogP contribution < -0.4 is 10.6 Å². The van der Waals surface area contributed by atoms with Crippen molar-refractivity contribution in [2.45, 2.75) is 20.0 Å². The number of urea groups is 1. The van der Waals surface area contributed by atoms with Gasteiger partial charge in [-0.3, -0.25) is 9.00 Å². The Morgan fingerprint density at radius 2 is 2.20 bits per heavy atom. The lowest BCUT2D eigenvalue weighted by molar-refractivity contribution is -0.137. The van der Waals surface area contributed by atoms with Gasteiger partial charge in [-0.1, -0.05) is 12.1 Å². The van der Waals surface area contributed by atoms with Crippen molar-refractivity contribution in [2.75, 3.05) is 18.1 Å². The van der Waals surface area contributed by atoms with E-state index in [9.17, 15) is 13.8 Å². The summed E-state index contributed by atoms with van der Waals surface area (Å²) in [4.78, 5) is 21.8. The Labute approximate surface area is 118 Å². The number of aliphatic carboxylic acids is 1. The van der Waals surface area contributed by atoms with Gasteiger partial charge in [0.25, 0.3) is 0 Å². The molecule has 20 heavy (non-hydrogen) atoms.